The van der Waals surface area contributed by atoms with Gasteiger partial charge in [0.25, 0.3) is 0 Å². The highest BCUT2D eigenvalue weighted by molar-refractivity contribution is 5.88. The Hall–Kier alpha value is -1.39. The van der Waals surface area contributed by atoms with Gasteiger partial charge >= 0.3 is 11.9 Å². The van der Waals surface area contributed by atoms with Gasteiger partial charge in [-0.2, -0.15) is 0 Å². The molecule has 30 heavy (non-hydrogen) atoms. The van der Waals surface area contributed by atoms with E-state index in [-0.39, 0.29) is 35.3 Å². The van der Waals surface area contributed by atoms with Crippen molar-refractivity contribution in [3.05, 3.63) is 0 Å². The van der Waals surface area contributed by atoms with E-state index in [2.05, 4.69) is 13.8 Å². The lowest BCUT2D eigenvalue weighted by atomic mass is 9.44. The molecule has 4 aliphatic rings. The lowest BCUT2D eigenvalue weighted by Gasteiger charge is -2.60. The molecule has 4 fully saturated rings. The van der Waals surface area contributed by atoms with Gasteiger partial charge in [0.15, 0.2) is 0 Å². The molecule has 0 amide bonds. The zero-order chi connectivity index (χ0) is 21.8. The molecule has 0 heterocycles. The number of ketones is 1. The van der Waals surface area contributed by atoms with E-state index in [0.29, 0.717) is 35.9 Å². The number of rotatable bonds is 3. The Morgan fingerprint density at radius 2 is 1.80 bits per heavy atom. The fraction of sp³-hybridized carbons (Fsp3) is 0.880. The Balaban J connectivity index is 1.57. The lowest BCUT2D eigenvalue weighted by Crippen LogP contribution is -2.57. The second-order valence-electron chi connectivity index (χ2n) is 11.1. The topological polar surface area (TPSA) is 69.7 Å². The quantitative estimate of drug-likeness (QED) is 0.628. The molecule has 0 radical (unpaired) electrons. The van der Waals surface area contributed by atoms with Crippen LogP contribution in [0.3, 0.4) is 0 Å². The molecule has 0 aromatic carbocycles. The highest BCUT2D eigenvalue weighted by atomic mass is 16.5. The molecule has 0 aromatic heterocycles. The molecule has 0 spiro atoms. The van der Waals surface area contributed by atoms with Gasteiger partial charge in [-0.1, -0.05) is 20.8 Å². The number of ether oxygens (including phenoxy) is 2. The van der Waals surface area contributed by atoms with Crippen molar-refractivity contribution in [2.75, 3.05) is 7.11 Å². The average molecular weight is 419 g/mol. The lowest BCUT2D eigenvalue weighted by molar-refractivity contribution is -0.168. The zero-order valence-corrected chi connectivity index (χ0v) is 19.2. The highest BCUT2D eigenvalue weighted by Crippen LogP contribution is 2.67. The third-order valence-corrected chi connectivity index (χ3v) is 10.1. The van der Waals surface area contributed by atoms with Crippen molar-refractivity contribution in [2.24, 2.45) is 46.3 Å². The number of hydrogen-bond acceptors (Lipinski definition) is 5. The van der Waals surface area contributed by atoms with Crippen LogP contribution in [-0.2, 0) is 23.9 Å². The van der Waals surface area contributed by atoms with Gasteiger partial charge in [-0.3, -0.25) is 14.4 Å². The summed E-state index contributed by atoms with van der Waals surface area (Å²) in [6, 6.07) is 0. The van der Waals surface area contributed by atoms with Crippen LogP contribution < -0.4 is 0 Å². The van der Waals surface area contributed by atoms with E-state index >= 15 is 0 Å². The van der Waals surface area contributed by atoms with Crippen molar-refractivity contribution in [1.82, 2.24) is 0 Å². The van der Waals surface area contributed by atoms with Crippen molar-refractivity contribution < 1.29 is 23.9 Å². The summed E-state index contributed by atoms with van der Waals surface area (Å²) in [4.78, 5) is 37.4. The van der Waals surface area contributed by atoms with Gasteiger partial charge in [-0.25, -0.2) is 0 Å². The zero-order valence-electron chi connectivity index (χ0n) is 19.2. The van der Waals surface area contributed by atoms with Crippen molar-refractivity contribution >= 4 is 17.7 Å². The second kappa shape index (κ2) is 7.63. The van der Waals surface area contributed by atoms with Gasteiger partial charge < -0.3 is 9.47 Å². The summed E-state index contributed by atoms with van der Waals surface area (Å²) in [7, 11) is 1.45. The highest BCUT2D eigenvalue weighted by Gasteiger charge is 2.64. The van der Waals surface area contributed by atoms with E-state index in [1.54, 1.807) is 0 Å². The molecule has 0 N–H and O–H groups in total. The van der Waals surface area contributed by atoms with Crippen LogP contribution in [0.15, 0.2) is 0 Å². The van der Waals surface area contributed by atoms with Gasteiger partial charge in [0.2, 0.25) is 0 Å². The number of methoxy groups -OCH3 is 1. The molecular weight excluding hydrogens is 380 g/mol. The first kappa shape index (κ1) is 21.8. The summed E-state index contributed by atoms with van der Waals surface area (Å²) in [5.74, 6) is 1.77. The Kier molecular flexibility index (Phi) is 5.55. The van der Waals surface area contributed by atoms with Crippen molar-refractivity contribution in [3.8, 4) is 0 Å². The number of fused-ring (bicyclic) bond motifs is 5. The standard InChI is InChI=1S/C25H38O5/c1-14(23(28)29-5)19-8-9-20-18-7-6-16-12-17(30-15(2)26)10-11-24(16,3)21(18)13-22(27)25(19,20)4/h14,16-21H,6-13H2,1-5H3/t14-,16-,17-,18+,19+,20-,21+,24+,25-/m1/s1. The average Bonchev–Trinajstić information content (AvgIpc) is 3.06. The summed E-state index contributed by atoms with van der Waals surface area (Å²) in [5.41, 5.74) is -0.241. The number of esters is 2. The smallest absolute Gasteiger partial charge is 0.308 e. The molecule has 9 atom stereocenters. The molecule has 0 aromatic rings. The molecule has 5 heteroatoms. The number of hydrogen-bond donors (Lipinski definition) is 0. The Morgan fingerprint density at radius 1 is 1.07 bits per heavy atom. The molecule has 0 aliphatic heterocycles. The third-order valence-electron chi connectivity index (χ3n) is 10.1. The Bertz CT molecular complexity index is 731. The predicted octanol–water partition coefficient (Wildman–Crippen LogP) is 4.57. The van der Waals surface area contributed by atoms with E-state index < -0.39 is 5.41 Å². The molecular formula is C25H38O5. The summed E-state index contributed by atoms with van der Waals surface area (Å²) in [5, 5.41) is 0. The van der Waals surface area contributed by atoms with E-state index in [1.165, 1.54) is 14.0 Å². The van der Waals surface area contributed by atoms with Gasteiger partial charge in [-0.15, -0.1) is 0 Å². The fourth-order valence-electron chi connectivity index (χ4n) is 8.45. The van der Waals surface area contributed by atoms with Crippen molar-refractivity contribution in [3.63, 3.8) is 0 Å². The van der Waals surface area contributed by atoms with Crippen LogP contribution in [0.5, 0.6) is 0 Å². The van der Waals surface area contributed by atoms with Crippen molar-refractivity contribution in [1.29, 1.82) is 0 Å². The van der Waals surface area contributed by atoms with E-state index in [4.69, 9.17) is 9.47 Å². The van der Waals surface area contributed by atoms with Crippen LogP contribution >= 0.6 is 0 Å². The molecule has 0 unspecified atom stereocenters. The number of carbonyl (C=O) groups excluding carboxylic acids is 3. The molecule has 4 saturated carbocycles. The molecule has 5 nitrogen and oxygen atoms in total. The minimum absolute atomic E-state index is 0.0402. The Morgan fingerprint density at radius 3 is 2.47 bits per heavy atom. The monoisotopic (exact) mass is 418 g/mol. The van der Waals surface area contributed by atoms with Gasteiger partial charge in [0.1, 0.15) is 11.9 Å². The molecule has 0 bridgehead atoms. The summed E-state index contributed by atoms with van der Waals surface area (Å²) < 4.78 is 10.6. The molecule has 168 valence electrons. The van der Waals surface area contributed by atoms with Crippen LogP contribution in [0.25, 0.3) is 0 Å². The van der Waals surface area contributed by atoms with E-state index in [9.17, 15) is 14.4 Å². The van der Waals surface area contributed by atoms with Gasteiger partial charge in [0, 0.05) is 18.8 Å². The fourth-order valence-corrected chi connectivity index (χ4v) is 8.45. The molecule has 4 rings (SSSR count). The molecule has 4 aliphatic carbocycles. The van der Waals surface area contributed by atoms with Crippen LogP contribution in [0.1, 0.15) is 79.1 Å². The maximum Gasteiger partial charge on any atom is 0.308 e. The first-order valence-corrected chi connectivity index (χ1v) is 11.9. The molecule has 0 saturated heterocycles. The van der Waals surface area contributed by atoms with Crippen LogP contribution in [0.2, 0.25) is 0 Å². The predicted molar refractivity (Wildman–Crippen MR) is 112 cm³/mol. The maximum atomic E-state index is 13.7. The largest absolute Gasteiger partial charge is 0.469 e. The minimum atomic E-state index is -0.396. The van der Waals surface area contributed by atoms with Crippen LogP contribution in [0, 0.1) is 46.3 Å². The Labute approximate surface area is 180 Å². The maximum absolute atomic E-state index is 13.7. The number of Topliss-reactive ketones (excluding diaryl/α,β-unsaturated/α-hetero) is 1. The van der Waals surface area contributed by atoms with E-state index in [0.717, 1.165) is 44.9 Å². The summed E-state index contributed by atoms with van der Waals surface area (Å²) in [6.45, 7) is 7.99. The first-order chi connectivity index (χ1) is 14.1. The third kappa shape index (κ3) is 3.14. The van der Waals surface area contributed by atoms with Crippen molar-refractivity contribution in [2.45, 2.75) is 85.2 Å². The normalized spacial score (nSPS) is 46.2. The van der Waals surface area contributed by atoms with Gasteiger partial charge in [-0.05, 0) is 80.0 Å². The number of carbonyl (C=O) groups is 3. The van der Waals surface area contributed by atoms with E-state index in [1.807, 2.05) is 6.92 Å². The van der Waals surface area contributed by atoms with Crippen LogP contribution in [0.4, 0.5) is 0 Å². The minimum Gasteiger partial charge on any atom is -0.469 e. The first-order valence-electron chi connectivity index (χ1n) is 11.9. The van der Waals surface area contributed by atoms with Gasteiger partial charge in [0.05, 0.1) is 13.0 Å². The summed E-state index contributed by atoms with van der Waals surface area (Å²) in [6.07, 6.45) is 7.89. The SMILES string of the molecule is COC(=O)[C@H](C)[C@@H]1CC[C@@H]2[C@@H]3CC[C@@H]4C[C@H](OC(C)=O)CC[C@]4(C)[C@H]3CC(=O)[C@@]21C. The summed E-state index contributed by atoms with van der Waals surface area (Å²) >= 11 is 0. The second-order valence-corrected chi connectivity index (χ2v) is 11.1. The van der Waals surface area contributed by atoms with Crippen LogP contribution in [-0.4, -0.2) is 30.9 Å².